The van der Waals surface area contributed by atoms with Gasteiger partial charge in [0, 0.05) is 30.4 Å². The average Bonchev–Trinajstić information content (AvgIpc) is 2.86. The van der Waals surface area contributed by atoms with E-state index in [1.165, 1.54) is 0 Å². The van der Waals surface area contributed by atoms with Crippen molar-refractivity contribution >= 4 is 17.6 Å². The minimum atomic E-state index is -0.786. The van der Waals surface area contributed by atoms with E-state index >= 15 is 0 Å². The molecule has 1 saturated heterocycles. The van der Waals surface area contributed by atoms with Crippen molar-refractivity contribution in [2.75, 3.05) is 13.2 Å². The number of aliphatic carboxylic acids is 1. The molecule has 0 unspecified atom stereocenters. The van der Waals surface area contributed by atoms with Crippen molar-refractivity contribution in [2.45, 2.75) is 56.8 Å². The fraction of sp³-hybridized carbons (Fsp3) is 0.609. The number of aliphatic hydroxyl groups excluding tert-OH is 2. The third kappa shape index (κ3) is 6.71. The van der Waals surface area contributed by atoms with E-state index in [9.17, 15) is 15.0 Å². The molecule has 166 valence electrons. The van der Waals surface area contributed by atoms with E-state index in [-0.39, 0.29) is 31.0 Å². The van der Waals surface area contributed by atoms with Crippen LogP contribution in [-0.2, 0) is 9.53 Å². The second-order valence-corrected chi connectivity index (χ2v) is 8.80. The first-order valence-electron chi connectivity index (χ1n) is 10.7. The highest BCUT2D eigenvalue weighted by atomic mass is 35.5. The summed E-state index contributed by atoms with van der Waals surface area (Å²) >= 11 is 5.93. The minimum absolute atomic E-state index is 0.0129. The Labute approximate surface area is 182 Å². The molecule has 1 aromatic rings. The van der Waals surface area contributed by atoms with Gasteiger partial charge in [-0.15, -0.1) is 0 Å². The Morgan fingerprint density at radius 3 is 2.97 bits per heavy atom. The van der Waals surface area contributed by atoms with Crippen LogP contribution in [0.2, 0.25) is 5.02 Å². The van der Waals surface area contributed by atoms with E-state index in [4.69, 9.17) is 26.2 Å². The molecule has 2 aliphatic rings. The highest BCUT2D eigenvalue weighted by Crippen LogP contribution is 2.42. The van der Waals surface area contributed by atoms with Gasteiger partial charge in [0.05, 0.1) is 12.2 Å². The number of benzene rings is 1. The molecule has 6 nitrogen and oxygen atoms in total. The zero-order chi connectivity index (χ0) is 21.5. The molecule has 7 heteroatoms. The highest BCUT2D eigenvalue weighted by Gasteiger charge is 2.43. The first-order valence-corrected chi connectivity index (χ1v) is 11.1. The first kappa shape index (κ1) is 23.1. The van der Waals surface area contributed by atoms with Crippen LogP contribution in [0.4, 0.5) is 0 Å². The van der Waals surface area contributed by atoms with E-state index in [2.05, 4.69) is 0 Å². The van der Waals surface area contributed by atoms with Crippen LogP contribution < -0.4 is 4.74 Å². The van der Waals surface area contributed by atoms with E-state index in [1.807, 2.05) is 6.08 Å². The second kappa shape index (κ2) is 11.1. The topological polar surface area (TPSA) is 96.2 Å². The van der Waals surface area contributed by atoms with Gasteiger partial charge in [-0.1, -0.05) is 29.8 Å². The minimum Gasteiger partial charge on any atom is -0.491 e. The molecule has 3 rings (SSSR count). The Morgan fingerprint density at radius 2 is 2.20 bits per heavy atom. The maximum atomic E-state index is 10.7. The molecule has 1 heterocycles. The van der Waals surface area contributed by atoms with E-state index in [1.54, 1.807) is 30.3 Å². The van der Waals surface area contributed by atoms with E-state index in [0.29, 0.717) is 36.1 Å². The maximum Gasteiger partial charge on any atom is 0.303 e. The van der Waals surface area contributed by atoms with Gasteiger partial charge in [-0.25, -0.2) is 0 Å². The molecule has 1 saturated carbocycles. The zero-order valence-electron chi connectivity index (χ0n) is 17.0. The van der Waals surface area contributed by atoms with Crippen LogP contribution in [0.25, 0.3) is 0 Å². The Balaban J connectivity index is 1.49. The Morgan fingerprint density at radius 1 is 1.37 bits per heavy atom. The molecule has 2 fully saturated rings. The first-order chi connectivity index (χ1) is 14.4. The SMILES string of the molecule is O=C(O)CCC[C@@H]1CC[C@@H]2[C@@H](C=C[C@@H](O)COc3cccc(Cl)c3)[C@H](O)C[C@@H]2OC1. The summed E-state index contributed by atoms with van der Waals surface area (Å²) in [6.07, 6.45) is 6.55. The molecule has 0 spiro atoms. The summed E-state index contributed by atoms with van der Waals surface area (Å²) < 4.78 is 11.7. The molecule has 0 bridgehead atoms. The standard InChI is InChI=1S/C23H31ClO6/c24-16-4-2-5-18(11-16)29-14-17(25)8-10-19-20-9-7-15(3-1-6-23(27)28)13-30-22(20)12-21(19)26/h2,4-5,8,10-11,15,17,19-22,25-26H,1,3,6-7,9,12-14H2,(H,27,28)/t15-,17-,19-,20-,21-,22+/m1/s1. The Bertz CT molecular complexity index is 723. The zero-order valence-corrected chi connectivity index (χ0v) is 17.8. The van der Waals surface area contributed by atoms with E-state index < -0.39 is 18.2 Å². The van der Waals surface area contributed by atoms with Crippen LogP contribution in [-0.4, -0.2) is 52.8 Å². The summed E-state index contributed by atoms with van der Waals surface area (Å²) in [5.41, 5.74) is 0. The average molecular weight is 439 g/mol. The van der Waals surface area contributed by atoms with Crippen LogP contribution in [0.15, 0.2) is 36.4 Å². The van der Waals surface area contributed by atoms with Crippen LogP contribution in [0.3, 0.4) is 0 Å². The van der Waals surface area contributed by atoms with Gasteiger partial charge in [0.1, 0.15) is 18.5 Å². The number of hydrogen-bond acceptors (Lipinski definition) is 5. The largest absolute Gasteiger partial charge is 0.491 e. The van der Waals surface area contributed by atoms with Crippen LogP contribution >= 0.6 is 11.6 Å². The molecular weight excluding hydrogens is 408 g/mol. The molecule has 6 atom stereocenters. The van der Waals surface area contributed by atoms with Crippen molar-refractivity contribution in [3.63, 3.8) is 0 Å². The molecule has 1 aliphatic carbocycles. The predicted octanol–water partition coefficient (Wildman–Crippen LogP) is 3.68. The lowest BCUT2D eigenvalue weighted by Gasteiger charge is -2.21. The number of hydrogen-bond donors (Lipinski definition) is 3. The second-order valence-electron chi connectivity index (χ2n) is 8.37. The lowest BCUT2D eigenvalue weighted by molar-refractivity contribution is -0.137. The lowest BCUT2D eigenvalue weighted by atomic mass is 9.86. The molecule has 1 aliphatic heterocycles. The number of carboxylic acids is 1. The van der Waals surface area contributed by atoms with Crippen LogP contribution in [0.5, 0.6) is 5.75 Å². The fourth-order valence-corrected chi connectivity index (χ4v) is 4.72. The van der Waals surface area contributed by atoms with Crippen molar-refractivity contribution in [2.24, 2.45) is 17.8 Å². The third-order valence-corrected chi connectivity index (χ3v) is 6.35. The van der Waals surface area contributed by atoms with Crippen molar-refractivity contribution in [3.05, 3.63) is 41.4 Å². The lowest BCUT2D eigenvalue weighted by Crippen LogP contribution is -2.22. The highest BCUT2D eigenvalue weighted by molar-refractivity contribution is 6.30. The number of rotatable bonds is 9. The molecule has 3 N–H and O–H groups in total. The summed E-state index contributed by atoms with van der Waals surface area (Å²) in [7, 11) is 0. The maximum absolute atomic E-state index is 10.7. The van der Waals surface area contributed by atoms with Gasteiger partial charge in [0.15, 0.2) is 0 Å². The fourth-order valence-electron chi connectivity index (χ4n) is 4.54. The molecular formula is C23H31ClO6. The summed E-state index contributed by atoms with van der Waals surface area (Å²) in [4.78, 5) is 10.7. The van der Waals surface area contributed by atoms with Crippen molar-refractivity contribution < 1.29 is 29.6 Å². The summed E-state index contributed by atoms with van der Waals surface area (Å²) in [5, 5.41) is 30.2. The molecule has 0 aromatic heterocycles. The van der Waals surface area contributed by atoms with Crippen molar-refractivity contribution in [1.29, 1.82) is 0 Å². The van der Waals surface area contributed by atoms with Gasteiger partial charge >= 0.3 is 5.97 Å². The van der Waals surface area contributed by atoms with Gasteiger partial charge in [-0.3, -0.25) is 4.79 Å². The number of carbonyl (C=O) groups is 1. The Hall–Kier alpha value is -1.60. The van der Waals surface area contributed by atoms with Crippen molar-refractivity contribution in [3.8, 4) is 5.75 Å². The Kier molecular flexibility index (Phi) is 8.57. The number of fused-ring (bicyclic) bond motifs is 1. The predicted molar refractivity (Wildman–Crippen MR) is 114 cm³/mol. The van der Waals surface area contributed by atoms with Gasteiger partial charge in [-0.2, -0.15) is 0 Å². The number of halogens is 1. The smallest absolute Gasteiger partial charge is 0.303 e. The number of carboxylic acid groups (broad SMARTS) is 1. The molecule has 0 radical (unpaired) electrons. The molecule has 30 heavy (non-hydrogen) atoms. The van der Waals surface area contributed by atoms with Gasteiger partial charge in [0.25, 0.3) is 0 Å². The third-order valence-electron chi connectivity index (χ3n) is 6.12. The summed E-state index contributed by atoms with van der Waals surface area (Å²) in [6, 6.07) is 7.02. The molecule has 1 aromatic carbocycles. The monoisotopic (exact) mass is 438 g/mol. The summed E-state index contributed by atoms with van der Waals surface area (Å²) in [6.45, 7) is 0.732. The normalized spacial score (nSPS) is 30.0. The van der Waals surface area contributed by atoms with Gasteiger partial charge < -0.3 is 24.8 Å². The quantitative estimate of drug-likeness (QED) is 0.509. The molecule has 0 amide bonds. The summed E-state index contributed by atoms with van der Waals surface area (Å²) in [5.74, 6) is 0.360. The van der Waals surface area contributed by atoms with Gasteiger partial charge in [0.2, 0.25) is 0 Å². The van der Waals surface area contributed by atoms with Gasteiger partial charge in [-0.05, 0) is 55.7 Å². The van der Waals surface area contributed by atoms with E-state index in [0.717, 1.165) is 19.3 Å². The number of aliphatic hydroxyl groups is 2. The van der Waals surface area contributed by atoms with Crippen molar-refractivity contribution in [1.82, 2.24) is 0 Å². The number of ether oxygens (including phenoxy) is 2. The van der Waals surface area contributed by atoms with Crippen LogP contribution in [0, 0.1) is 17.8 Å². The van der Waals surface area contributed by atoms with Crippen LogP contribution in [0.1, 0.15) is 38.5 Å².